The molecule has 0 aromatic carbocycles. The number of aliphatic carboxylic acids is 1. The van der Waals surface area contributed by atoms with Gasteiger partial charge in [0, 0.05) is 6.04 Å². The van der Waals surface area contributed by atoms with E-state index in [0.717, 1.165) is 0 Å². The molecule has 1 aromatic heterocycles. The third-order valence-corrected chi connectivity index (χ3v) is 3.05. The number of carbonyl (C=O) groups excluding carboxylic acids is 1. The van der Waals surface area contributed by atoms with Gasteiger partial charge in [-0.15, -0.1) is 11.3 Å². The second kappa shape index (κ2) is 5.07. The summed E-state index contributed by atoms with van der Waals surface area (Å²) in [4.78, 5) is 28.5. The van der Waals surface area contributed by atoms with Gasteiger partial charge in [-0.3, -0.25) is 9.59 Å². The topological polar surface area (TPSA) is 70.5 Å². The summed E-state index contributed by atoms with van der Waals surface area (Å²) in [7, 11) is 0. The van der Waals surface area contributed by atoms with Crippen molar-refractivity contribution in [1.29, 1.82) is 0 Å². The van der Waals surface area contributed by atoms with E-state index in [1.165, 1.54) is 16.2 Å². The van der Waals surface area contributed by atoms with Gasteiger partial charge in [0.1, 0.15) is 11.4 Å². The fourth-order valence-corrected chi connectivity index (χ4v) is 2.03. The number of carbonyl (C=O) groups is 2. The molecule has 0 atom stereocenters. The maximum atomic E-state index is 12.0. The van der Waals surface area contributed by atoms with Gasteiger partial charge in [0.25, 0.3) is 5.91 Å². The van der Waals surface area contributed by atoms with Crippen molar-refractivity contribution >= 4 is 23.2 Å². The third kappa shape index (κ3) is 2.79. The number of nitrogens with zero attached hydrogens (tertiary/aromatic N) is 2. The van der Waals surface area contributed by atoms with Crippen LogP contribution in [0.4, 0.5) is 0 Å². The fourth-order valence-electron chi connectivity index (χ4n) is 1.27. The Morgan fingerprint density at radius 3 is 2.56 bits per heavy atom. The summed E-state index contributed by atoms with van der Waals surface area (Å²) in [6.07, 6.45) is 0. The lowest BCUT2D eigenvalue weighted by molar-refractivity contribution is -0.138. The second-order valence-electron chi connectivity index (χ2n) is 3.69. The molecular weight excluding hydrogens is 228 g/mol. The number of carboxylic acids is 1. The van der Waals surface area contributed by atoms with Crippen molar-refractivity contribution in [2.45, 2.75) is 26.8 Å². The van der Waals surface area contributed by atoms with E-state index in [-0.39, 0.29) is 18.5 Å². The number of hydrogen-bond donors (Lipinski definition) is 1. The summed E-state index contributed by atoms with van der Waals surface area (Å²) in [5, 5.41) is 8.74. The molecule has 16 heavy (non-hydrogen) atoms. The number of carboxylic acid groups (broad SMARTS) is 1. The molecule has 1 N–H and O–H groups in total. The molecule has 0 saturated carbocycles. The van der Waals surface area contributed by atoms with Crippen LogP contribution in [0.15, 0.2) is 5.51 Å². The first kappa shape index (κ1) is 12.6. The summed E-state index contributed by atoms with van der Waals surface area (Å²) in [6, 6.07) is -0.148. The Hall–Kier alpha value is -1.43. The van der Waals surface area contributed by atoms with Crippen molar-refractivity contribution in [2.24, 2.45) is 0 Å². The van der Waals surface area contributed by atoms with E-state index in [1.54, 1.807) is 26.3 Å². The van der Waals surface area contributed by atoms with E-state index in [2.05, 4.69) is 4.98 Å². The van der Waals surface area contributed by atoms with E-state index in [0.29, 0.717) is 10.6 Å². The molecule has 1 amide bonds. The van der Waals surface area contributed by atoms with Crippen LogP contribution in [0.5, 0.6) is 0 Å². The Balaban J connectivity index is 2.92. The average Bonchev–Trinajstić information content (AvgIpc) is 2.59. The average molecular weight is 242 g/mol. The van der Waals surface area contributed by atoms with Gasteiger partial charge < -0.3 is 10.0 Å². The van der Waals surface area contributed by atoms with Gasteiger partial charge in [-0.1, -0.05) is 0 Å². The fraction of sp³-hybridized carbons (Fsp3) is 0.500. The van der Waals surface area contributed by atoms with Crippen LogP contribution in [-0.2, 0) is 4.79 Å². The summed E-state index contributed by atoms with van der Waals surface area (Å²) in [6.45, 7) is 5.03. The molecule has 0 unspecified atom stereocenters. The lowest BCUT2D eigenvalue weighted by Gasteiger charge is -2.24. The molecule has 88 valence electrons. The molecule has 0 aliphatic heterocycles. The number of aryl methyl sites for hydroxylation is 1. The van der Waals surface area contributed by atoms with Crippen molar-refractivity contribution < 1.29 is 14.7 Å². The monoisotopic (exact) mass is 242 g/mol. The molecular formula is C10H14N2O3S. The molecule has 0 spiro atoms. The molecule has 5 nitrogen and oxygen atoms in total. The molecule has 0 fully saturated rings. The minimum Gasteiger partial charge on any atom is -0.480 e. The molecule has 6 heteroatoms. The van der Waals surface area contributed by atoms with Crippen LogP contribution in [0.2, 0.25) is 0 Å². The zero-order valence-electron chi connectivity index (χ0n) is 9.43. The molecule has 0 aliphatic rings. The zero-order chi connectivity index (χ0) is 12.3. The van der Waals surface area contributed by atoms with Gasteiger partial charge in [-0.2, -0.15) is 0 Å². The number of rotatable bonds is 4. The predicted octanol–water partition coefficient (Wildman–Crippen LogP) is 1.39. The van der Waals surface area contributed by atoms with E-state index in [1.807, 2.05) is 0 Å². The number of amides is 1. The first-order valence-corrected chi connectivity index (χ1v) is 5.74. The Morgan fingerprint density at radius 2 is 2.19 bits per heavy atom. The lowest BCUT2D eigenvalue weighted by atomic mass is 10.2. The highest BCUT2D eigenvalue weighted by Crippen LogP contribution is 2.16. The van der Waals surface area contributed by atoms with E-state index < -0.39 is 5.97 Å². The number of aromatic nitrogens is 1. The Bertz CT molecular complexity index is 401. The SMILES string of the molecule is Cc1ncsc1C(=O)N(CC(=O)O)C(C)C. The van der Waals surface area contributed by atoms with Crippen molar-refractivity contribution in [3.63, 3.8) is 0 Å². The van der Waals surface area contributed by atoms with Gasteiger partial charge in [0.15, 0.2) is 0 Å². The molecule has 0 radical (unpaired) electrons. The van der Waals surface area contributed by atoms with Gasteiger partial charge in [0.05, 0.1) is 11.2 Å². The molecule has 0 bridgehead atoms. The molecule has 1 aromatic rings. The number of thiazole rings is 1. The first-order chi connectivity index (χ1) is 7.43. The van der Waals surface area contributed by atoms with E-state index >= 15 is 0 Å². The van der Waals surface area contributed by atoms with E-state index in [4.69, 9.17) is 5.11 Å². The highest BCUT2D eigenvalue weighted by Gasteiger charge is 2.23. The maximum absolute atomic E-state index is 12.0. The van der Waals surface area contributed by atoms with Crippen LogP contribution < -0.4 is 0 Å². The van der Waals surface area contributed by atoms with Crippen LogP contribution in [-0.4, -0.2) is 39.5 Å². The van der Waals surface area contributed by atoms with Crippen LogP contribution >= 0.6 is 11.3 Å². The minimum absolute atomic E-state index is 0.148. The number of hydrogen-bond acceptors (Lipinski definition) is 4. The molecule has 0 aliphatic carbocycles. The Morgan fingerprint density at radius 1 is 1.56 bits per heavy atom. The normalized spacial score (nSPS) is 10.5. The molecule has 1 rings (SSSR count). The smallest absolute Gasteiger partial charge is 0.323 e. The van der Waals surface area contributed by atoms with Gasteiger partial charge >= 0.3 is 5.97 Å². The van der Waals surface area contributed by atoms with Crippen molar-refractivity contribution in [1.82, 2.24) is 9.88 Å². The van der Waals surface area contributed by atoms with Crippen LogP contribution in [0.25, 0.3) is 0 Å². The van der Waals surface area contributed by atoms with Crippen LogP contribution in [0, 0.1) is 6.92 Å². The standard InChI is InChI=1S/C10H14N2O3S/c1-6(2)12(4-8(13)14)10(15)9-7(3)11-5-16-9/h5-6H,4H2,1-3H3,(H,13,14). The minimum atomic E-state index is -1.01. The predicted molar refractivity (Wildman–Crippen MR) is 60.7 cm³/mol. The van der Waals surface area contributed by atoms with E-state index in [9.17, 15) is 9.59 Å². The summed E-state index contributed by atoms with van der Waals surface area (Å²) < 4.78 is 0. The van der Waals surface area contributed by atoms with Gasteiger partial charge in [0.2, 0.25) is 0 Å². The Labute approximate surface area is 97.7 Å². The van der Waals surface area contributed by atoms with Crippen LogP contribution in [0.1, 0.15) is 29.2 Å². The van der Waals surface area contributed by atoms with Crippen molar-refractivity contribution in [3.05, 3.63) is 16.1 Å². The second-order valence-corrected chi connectivity index (χ2v) is 4.54. The highest BCUT2D eigenvalue weighted by atomic mass is 32.1. The third-order valence-electron chi connectivity index (χ3n) is 2.13. The first-order valence-electron chi connectivity index (χ1n) is 4.86. The quantitative estimate of drug-likeness (QED) is 0.866. The summed E-state index contributed by atoms with van der Waals surface area (Å²) in [5.41, 5.74) is 2.23. The summed E-state index contributed by atoms with van der Waals surface area (Å²) >= 11 is 1.24. The maximum Gasteiger partial charge on any atom is 0.323 e. The van der Waals surface area contributed by atoms with Crippen molar-refractivity contribution in [3.8, 4) is 0 Å². The Kier molecular flexibility index (Phi) is 4.00. The van der Waals surface area contributed by atoms with Gasteiger partial charge in [-0.05, 0) is 20.8 Å². The van der Waals surface area contributed by atoms with Crippen molar-refractivity contribution in [2.75, 3.05) is 6.54 Å². The van der Waals surface area contributed by atoms with Gasteiger partial charge in [-0.25, -0.2) is 4.98 Å². The molecule has 1 heterocycles. The van der Waals surface area contributed by atoms with Crippen LogP contribution in [0.3, 0.4) is 0 Å². The summed E-state index contributed by atoms with van der Waals surface area (Å²) in [5.74, 6) is -1.28. The largest absolute Gasteiger partial charge is 0.480 e. The molecule has 0 saturated heterocycles. The highest BCUT2D eigenvalue weighted by molar-refractivity contribution is 7.11. The lowest BCUT2D eigenvalue weighted by Crippen LogP contribution is -2.40. The zero-order valence-corrected chi connectivity index (χ0v) is 10.2.